The molecule has 0 atom stereocenters. The highest BCUT2D eigenvalue weighted by Gasteiger charge is 2.08. The predicted octanol–water partition coefficient (Wildman–Crippen LogP) is 0.754. The van der Waals surface area contributed by atoms with E-state index in [1.54, 1.807) is 7.11 Å². The van der Waals surface area contributed by atoms with E-state index in [4.69, 9.17) is 27.8 Å². The maximum Gasteiger partial charge on any atom is 0.129 e. The predicted molar refractivity (Wildman–Crippen MR) is 72.3 cm³/mol. The maximum atomic E-state index is 8.84. The molecule has 3 N–H and O–H groups in total. The number of aliphatic hydroxyl groups is 1. The molecule has 0 amide bonds. The monoisotopic (exact) mass is 254 g/mol. The van der Waals surface area contributed by atoms with Gasteiger partial charge in [-0.3, -0.25) is 4.90 Å². The van der Waals surface area contributed by atoms with Crippen molar-refractivity contribution in [2.75, 3.05) is 27.3 Å². The van der Waals surface area contributed by atoms with Crippen molar-refractivity contribution in [3.8, 4) is 5.75 Å². The molecular formula is C12H18N2O2S. The summed E-state index contributed by atoms with van der Waals surface area (Å²) in [6.07, 6.45) is 0. The SMILES string of the molecule is COc1ccc(CN(C)CCO)cc1C(N)=S. The minimum absolute atomic E-state index is 0.148. The van der Waals surface area contributed by atoms with E-state index in [0.29, 0.717) is 17.3 Å². The van der Waals surface area contributed by atoms with Crippen molar-refractivity contribution in [3.05, 3.63) is 29.3 Å². The zero-order valence-corrected chi connectivity index (χ0v) is 11.0. The molecule has 0 saturated carbocycles. The molecule has 0 unspecified atom stereocenters. The molecule has 0 fully saturated rings. The van der Waals surface area contributed by atoms with Gasteiger partial charge in [0, 0.05) is 13.1 Å². The van der Waals surface area contributed by atoms with E-state index in [1.165, 1.54) is 0 Å². The highest BCUT2D eigenvalue weighted by Crippen LogP contribution is 2.20. The summed E-state index contributed by atoms with van der Waals surface area (Å²) in [7, 11) is 3.54. The Balaban J connectivity index is 2.88. The van der Waals surface area contributed by atoms with Crippen molar-refractivity contribution in [1.29, 1.82) is 0 Å². The lowest BCUT2D eigenvalue weighted by Gasteiger charge is -2.16. The number of hydrogen-bond acceptors (Lipinski definition) is 4. The normalized spacial score (nSPS) is 10.6. The van der Waals surface area contributed by atoms with Gasteiger partial charge >= 0.3 is 0 Å². The van der Waals surface area contributed by atoms with Crippen LogP contribution in [0.25, 0.3) is 0 Å². The number of methoxy groups -OCH3 is 1. The molecule has 0 aliphatic heterocycles. The second-order valence-electron chi connectivity index (χ2n) is 3.86. The second kappa shape index (κ2) is 6.54. The first kappa shape index (κ1) is 13.9. The fourth-order valence-corrected chi connectivity index (χ4v) is 1.77. The minimum Gasteiger partial charge on any atom is -0.496 e. The van der Waals surface area contributed by atoms with Crippen molar-refractivity contribution in [2.45, 2.75) is 6.54 Å². The lowest BCUT2D eigenvalue weighted by molar-refractivity contribution is 0.217. The summed E-state index contributed by atoms with van der Waals surface area (Å²) in [4.78, 5) is 2.35. The number of hydrogen-bond donors (Lipinski definition) is 2. The quantitative estimate of drug-likeness (QED) is 0.734. The Morgan fingerprint density at radius 2 is 2.24 bits per heavy atom. The molecule has 0 saturated heterocycles. The van der Waals surface area contributed by atoms with Crippen molar-refractivity contribution in [1.82, 2.24) is 4.90 Å². The van der Waals surface area contributed by atoms with Crippen LogP contribution in [0.3, 0.4) is 0 Å². The largest absolute Gasteiger partial charge is 0.496 e. The summed E-state index contributed by atoms with van der Waals surface area (Å²) in [5.74, 6) is 0.686. The Morgan fingerprint density at radius 1 is 1.53 bits per heavy atom. The zero-order valence-electron chi connectivity index (χ0n) is 10.1. The molecule has 0 spiro atoms. The van der Waals surface area contributed by atoms with E-state index in [9.17, 15) is 0 Å². The van der Waals surface area contributed by atoms with E-state index >= 15 is 0 Å². The number of benzene rings is 1. The molecule has 0 radical (unpaired) electrons. The Labute approximate surface area is 107 Å². The van der Waals surface area contributed by atoms with Gasteiger partial charge in [0.25, 0.3) is 0 Å². The van der Waals surface area contributed by atoms with E-state index in [1.807, 2.05) is 30.1 Å². The standard InChI is InChI=1S/C12H18N2O2S/c1-14(5-6-15)8-9-3-4-11(16-2)10(7-9)12(13)17/h3-4,7,15H,5-6,8H2,1-2H3,(H2,13,17). The van der Waals surface area contributed by atoms with Crippen molar-refractivity contribution in [3.63, 3.8) is 0 Å². The fraction of sp³-hybridized carbons (Fsp3) is 0.417. The van der Waals surface area contributed by atoms with Gasteiger partial charge < -0.3 is 15.6 Å². The smallest absolute Gasteiger partial charge is 0.129 e. The Kier molecular flexibility index (Phi) is 5.34. The Bertz CT molecular complexity index is 396. The van der Waals surface area contributed by atoms with E-state index in [-0.39, 0.29) is 6.61 Å². The molecule has 1 aromatic rings. The topological polar surface area (TPSA) is 58.7 Å². The van der Waals surface area contributed by atoms with E-state index in [2.05, 4.69) is 0 Å². The lowest BCUT2D eigenvalue weighted by atomic mass is 10.1. The van der Waals surface area contributed by atoms with Gasteiger partial charge in [-0.2, -0.15) is 0 Å². The summed E-state index contributed by atoms with van der Waals surface area (Å²) >= 11 is 4.98. The minimum atomic E-state index is 0.148. The number of ether oxygens (including phenoxy) is 1. The van der Waals surface area contributed by atoms with Gasteiger partial charge in [0.05, 0.1) is 19.3 Å². The van der Waals surface area contributed by atoms with Gasteiger partial charge in [-0.1, -0.05) is 18.3 Å². The molecule has 0 aromatic heterocycles. The Morgan fingerprint density at radius 3 is 2.76 bits per heavy atom. The zero-order chi connectivity index (χ0) is 12.8. The van der Waals surface area contributed by atoms with Gasteiger partial charge in [-0.15, -0.1) is 0 Å². The molecule has 17 heavy (non-hydrogen) atoms. The van der Waals surface area contributed by atoms with E-state index in [0.717, 1.165) is 17.7 Å². The van der Waals surface area contributed by atoms with Crippen LogP contribution in [0, 0.1) is 0 Å². The molecule has 4 nitrogen and oxygen atoms in total. The first-order valence-electron chi connectivity index (χ1n) is 5.34. The summed E-state index contributed by atoms with van der Waals surface area (Å²) in [5, 5.41) is 8.84. The third kappa shape index (κ3) is 3.96. The third-order valence-corrected chi connectivity index (χ3v) is 2.68. The van der Waals surface area contributed by atoms with Gasteiger partial charge in [-0.05, 0) is 24.7 Å². The maximum absolute atomic E-state index is 8.84. The first-order valence-corrected chi connectivity index (χ1v) is 5.75. The van der Waals surface area contributed by atoms with Gasteiger partial charge in [0.1, 0.15) is 10.7 Å². The van der Waals surface area contributed by atoms with Crippen LogP contribution < -0.4 is 10.5 Å². The summed E-state index contributed by atoms with van der Waals surface area (Å²) in [6, 6.07) is 5.75. The number of rotatable bonds is 6. The van der Waals surface area contributed by atoms with Crippen LogP contribution in [-0.4, -0.2) is 42.3 Å². The van der Waals surface area contributed by atoms with E-state index < -0.39 is 0 Å². The van der Waals surface area contributed by atoms with Crippen LogP contribution in [0.2, 0.25) is 0 Å². The lowest BCUT2D eigenvalue weighted by Crippen LogP contribution is -2.22. The number of likely N-dealkylation sites (N-methyl/N-ethyl adjacent to an activating group) is 1. The summed E-state index contributed by atoms with van der Waals surface area (Å²) < 4.78 is 5.19. The molecular weight excluding hydrogens is 236 g/mol. The van der Waals surface area contributed by atoms with Gasteiger partial charge in [0.2, 0.25) is 0 Å². The molecule has 0 heterocycles. The van der Waals surface area contributed by atoms with Gasteiger partial charge in [-0.25, -0.2) is 0 Å². The fourth-order valence-electron chi connectivity index (χ4n) is 1.61. The van der Waals surface area contributed by atoms with Gasteiger partial charge in [0.15, 0.2) is 0 Å². The third-order valence-electron chi connectivity index (χ3n) is 2.46. The molecule has 0 aliphatic rings. The highest BCUT2D eigenvalue weighted by molar-refractivity contribution is 7.80. The number of thiocarbonyl (C=S) groups is 1. The number of nitrogens with two attached hydrogens (primary N) is 1. The molecule has 1 rings (SSSR count). The molecule has 0 aliphatic carbocycles. The highest BCUT2D eigenvalue weighted by atomic mass is 32.1. The molecule has 5 heteroatoms. The van der Waals surface area contributed by atoms with Crippen LogP contribution in [-0.2, 0) is 6.54 Å². The molecule has 0 bridgehead atoms. The number of nitrogens with zero attached hydrogens (tertiary/aromatic N) is 1. The average Bonchev–Trinajstić information content (AvgIpc) is 2.29. The van der Waals surface area contributed by atoms with Crippen LogP contribution >= 0.6 is 12.2 Å². The number of aliphatic hydroxyl groups excluding tert-OH is 1. The van der Waals surface area contributed by atoms with Crippen LogP contribution in [0.15, 0.2) is 18.2 Å². The van der Waals surface area contributed by atoms with Crippen LogP contribution in [0.1, 0.15) is 11.1 Å². The van der Waals surface area contributed by atoms with Crippen molar-refractivity contribution >= 4 is 17.2 Å². The Hall–Kier alpha value is -1.17. The summed E-state index contributed by atoms with van der Waals surface area (Å²) in [6.45, 7) is 1.52. The van der Waals surface area contributed by atoms with Crippen LogP contribution in [0.5, 0.6) is 5.75 Å². The average molecular weight is 254 g/mol. The summed E-state index contributed by atoms with van der Waals surface area (Å²) in [5.41, 5.74) is 7.48. The molecule has 94 valence electrons. The first-order chi connectivity index (χ1) is 8.08. The van der Waals surface area contributed by atoms with Crippen molar-refractivity contribution in [2.24, 2.45) is 5.73 Å². The van der Waals surface area contributed by atoms with Crippen LogP contribution in [0.4, 0.5) is 0 Å². The van der Waals surface area contributed by atoms with Crippen molar-refractivity contribution < 1.29 is 9.84 Å². The second-order valence-corrected chi connectivity index (χ2v) is 4.30. The molecule has 1 aromatic carbocycles.